The summed E-state index contributed by atoms with van der Waals surface area (Å²) in [6.45, 7) is 4.21. The van der Waals surface area contributed by atoms with E-state index in [0.717, 1.165) is 12.2 Å². The second-order valence-electron chi connectivity index (χ2n) is 5.57. The second-order valence-corrected chi connectivity index (χ2v) is 6.51. The third-order valence-corrected chi connectivity index (χ3v) is 3.88. The Labute approximate surface area is 144 Å². The number of carbonyl (C=O) groups is 2. The monoisotopic (exact) mass is 348 g/mol. The Morgan fingerprint density at radius 1 is 1.29 bits per heavy atom. The van der Waals surface area contributed by atoms with Crippen molar-refractivity contribution in [2.75, 3.05) is 18.2 Å². The molecule has 0 aliphatic carbocycles. The summed E-state index contributed by atoms with van der Waals surface area (Å²) in [6.07, 6.45) is 0.826. The molecule has 0 aliphatic heterocycles. The highest BCUT2D eigenvalue weighted by Crippen LogP contribution is 2.15. The number of aromatic amines is 1. The molecular weight excluding hydrogens is 328 g/mol. The first-order valence-corrected chi connectivity index (χ1v) is 8.48. The van der Waals surface area contributed by atoms with Gasteiger partial charge in [0, 0.05) is 12.1 Å². The number of nitrogens with zero attached hydrogens (tertiary/aromatic N) is 2. The first-order valence-electron chi connectivity index (χ1n) is 7.50. The summed E-state index contributed by atoms with van der Waals surface area (Å²) in [5.74, 6) is 0.946. The van der Waals surface area contributed by atoms with Crippen LogP contribution in [0.3, 0.4) is 0 Å². The molecule has 0 radical (unpaired) electrons. The summed E-state index contributed by atoms with van der Waals surface area (Å²) >= 11 is 1.27. The van der Waals surface area contributed by atoms with Crippen molar-refractivity contribution >= 4 is 29.3 Å². The predicted octanol–water partition coefficient (Wildman–Crippen LogP) is 2.52. The number of anilines is 1. The molecule has 1 heterocycles. The van der Waals surface area contributed by atoms with E-state index in [9.17, 15) is 9.59 Å². The quantitative estimate of drug-likeness (QED) is 0.589. The zero-order valence-corrected chi connectivity index (χ0v) is 14.6. The van der Waals surface area contributed by atoms with Gasteiger partial charge < -0.3 is 10.1 Å². The zero-order valence-electron chi connectivity index (χ0n) is 13.8. The van der Waals surface area contributed by atoms with Gasteiger partial charge in [0.15, 0.2) is 0 Å². The normalized spacial score (nSPS) is 10.7. The topological polar surface area (TPSA) is 97.0 Å². The molecule has 1 amide bonds. The van der Waals surface area contributed by atoms with Crippen molar-refractivity contribution in [2.24, 2.45) is 5.92 Å². The number of amides is 1. The highest BCUT2D eigenvalue weighted by Gasteiger charge is 2.10. The smallest absolute Gasteiger partial charge is 0.337 e. The minimum absolute atomic E-state index is 0.166. The van der Waals surface area contributed by atoms with Gasteiger partial charge in [0.25, 0.3) is 0 Å². The molecule has 0 bridgehead atoms. The lowest BCUT2D eigenvalue weighted by atomic mass is 10.1. The first kappa shape index (κ1) is 18.0. The fraction of sp³-hybridized carbons (Fsp3) is 0.375. The summed E-state index contributed by atoms with van der Waals surface area (Å²) < 4.78 is 4.62. The van der Waals surface area contributed by atoms with Gasteiger partial charge in [-0.2, -0.15) is 0 Å². The summed E-state index contributed by atoms with van der Waals surface area (Å²) in [5.41, 5.74) is 1.05. The van der Waals surface area contributed by atoms with E-state index in [4.69, 9.17) is 0 Å². The van der Waals surface area contributed by atoms with Crippen LogP contribution in [-0.4, -0.2) is 39.9 Å². The largest absolute Gasteiger partial charge is 0.465 e. The fourth-order valence-electron chi connectivity index (χ4n) is 1.96. The fourth-order valence-corrected chi connectivity index (χ4v) is 2.57. The Balaban J connectivity index is 1.82. The van der Waals surface area contributed by atoms with Crippen molar-refractivity contribution < 1.29 is 14.3 Å². The molecule has 0 spiro atoms. The van der Waals surface area contributed by atoms with Crippen molar-refractivity contribution in [3.8, 4) is 0 Å². The molecule has 0 saturated heterocycles. The average Bonchev–Trinajstić information content (AvgIpc) is 2.99. The molecule has 0 fully saturated rings. The molecule has 7 nitrogen and oxygen atoms in total. The van der Waals surface area contributed by atoms with Gasteiger partial charge in [0.05, 0.1) is 18.4 Å². The van der Waals surface area contributed by atoms with E-state index in [-0.39, 0.29) is 11.7 Å². The Hall–Kier alpha value is -2.35. The number of ether oxygens (including phenoxy) is 1. The van der Waals surface area contributed by atoms with Crippen LogP contribution < -0.4 is 5.32 Å². The van der Waals surface area contributed by atoms with Gasteiger partial charge in [-0.15, -0.1) is 5.10 Å². The van der Waals surface area contributed by atoms with Gasteiger partial charge in [0.1, 0.15) is 5.82 Å². The Bertz CT molecular complexity index is 698. The third kappa shape index (κ3) is 5.38. The van der Waals surface area contributed by atoms with Gasteiger partial charge in [-0.05, 0) is 30.2 Å². The molecule has 128 valence electrons. The number of thioether (sulfide) groups is 1. The average molecular weight is 348 g/mol. The van der Waals surface area contributed by atoms with Gasteiger partial charge >= 0.3 is 5.97 Å². The van der Waals surface area contributed by atoms with Gasteiger partial charge in [-0.3, -0.25) is 9.89 Å². The van der Waals surface area contributed by atoms with Crippen molar-refractivity contribution in [1.82, 2.24) is 15.2 Å². The van der Waals surface area contributed by atoms with E-state index in [1.54, 1.807) is 24.3 Å². The van der Waals surface area contributed by atoms with E-state index in [0.29, 0.717) is 22.3 Å². The number of H-pyrrole nitrogens is 1. The van der Waals surface area contributed by atoms with Crippen LogP contribution in [0, 0.1) is 5.92 Å². The van der Waals surface area contributed by atoms with Crippen LogP contribution in [-0.2, 0) is 16.0 Å². The third-order valence-electron chi connectivity index (χ3n) is 3.03. The van der Waals surface area contributed by atoms with Crippen LogP contribution in [0.15, 0.2) is 29.4 Å². The van der Waals surface area contributed by atoms with E-state index < -0.39 is 5.97 Å². The number of rotatable bonds is 7. The van der Waals surface area contributed by atoms with Crippen LogP contribution in [0.2, 0.25) is 0 Å². The number of nitrogens with one attached hydrogen (secondary N) is 2. The minimum Gasteiger partial charge on any atom is -0.465 e. The van der Waals surface area contributed by atoms with Crippen LogP contribution in [0.5, 0.6) is 0 Å². The lowest BCUT2D eigenvalue weighted by molar-refractivity contribution is -0.113. The number of esters is 1. The van der Waals surface area contributed by atoms with Crippen LogP contribution in [0.25, 0.3) is 0 Å². The van der Waals surface area contributed by atoms with Crippen LogP contribution in [0.1, 0.15) is 30.0 Å². The molecule has 0 atom stereocenters. The standard InChI is InChI=1S/C16H20N4O3S/c1-10(2)8-13-18-16(20-19-13)24-9-14(21)17-12-6-4-11(5-7-12)15(22)23-3/h4-7,10H,8-9H2,1-3H3,(H,17,21)(H,18,19,20). The highest BCUT2D eigenvalue weighted by atomic mass is 32.2. The lowest BCUT2D eigenvalue weighted by Crippen LogP contribution is -2.14. The maximum atomic E-state index is 12.0. The van der Waals surface area contributed by atoms with E-state index in [2.05, 4.69) is 39.1 Å². The summed E-state index contributed by atoms with van der Waals surface area (Å²) in [4.78, 5) is 27.6. The molecule has 24 heavy (non-hydrogen) atoms. The summed E-state index contributed by atoms with van der Waals surface area (Å²) in [7, 11) is 1.32. The Morgan fingerprint density at radius 3 is 2.62 bits per heavy atom. The lowest BCUT2D eigenvalue weighted by Gasteiger charge is -2.05. The van der Waals surface area contributed by atoms with Gasteiger partial charge in [-0.25, -0.2) is 9.78 Å². The molecule has 1 aromatic heterocycles. The molecule has 2 rings (SSSR count). The number of benzene rings is 1. The van der Waals surface area contributed by atoms with Gasteiger partial charge in [0.2, 0.25) is 11.1 Å². The Morgan fingerprint density at radius 2 is 2.00 bits per heavy atom. The molecule has 2 aromatic rings. The highest BCUT2D eigenvalue weighted by molar-refractivity contribution is 7.99. The molecule has 0 saturated carbocycles. The SMILES string of the molecule is COC(=O)c1ccc(NC(=O)CSc2n[nH]c(CC(C)C)n2)cc1. The van der Waals surface area contributed by atoms with Crippen molar-refractivity contribution in [2.45, 2.75) is 25.4 Å². The first-order chi connectivity index (χ1) is 11.5. The minimum atomic E-state index is -0.412. The molecule has 0 aliphatic rings. The molecule has 1 aromatic carbocycles. The van der Waals surface area contributed by atoms with Gasteiger partial charge in [-0.1, -0.05) is 25.6 Å². The van der Waals surface area contributed by atoms with E-state index in [1.807, 2.05) is 0 Å². The second kappa shape index (κ2) is 8.49. The predicted molar refractivity (Wildman–Crippen MR) is 92.1 cm³/mol. The van der Waals surface area contributed by atoms with E-state index in [1.165, 1.54) is 18.9 Å². The number of methoxy groups -OCH3 is 1. The molecule has 2 N–H and O–H groups in total. The van der Waals surface area contributed by atoms with Crippen molar-refractivity contribution in [1.29, 1.82) is 0 Å². The number of carbonyl (C=O) groups excluding carboxylic acids is 2. The number of hydrogen-bond donors (Lipinski definition) is 2. The number of hydrogen-bond acceptors (Lipinski definition) is 6. The molecular formula is C16H20N4O3S. The van der Waals surface area contributed by atoms with Crippen LogP contribution in [0.4, 0.5) is 5.69 Å². The van der Waals surface area contributed by atoms with Crippen LogP contribution >= 0.6 is 11.8 Å². The number of aromatic nitrogens is 3. The molecule has 0 unspecified atom stereocenters. The maximum absolute atomic E-state index is 12.0. The van der Waals surface area contributed by atoms with Crippen molar-refractivity contribution in [3.05, 3.63) is 35.7 Å². The summed E-state index contributed by atoms with van der Waals surface area (Å²) in [5, 5.41) is 10.3. The van der Waals surface area contributed by atoms with E-state index >= 15 is 0 Å². The Kier molecular flexibility index (Phi) is 6.36. The zero-order chi connectivity index (χ0) is 17.5. The maximum Gasteiger partial charge on any atom is 0.337 e. The van der Waals surface area contributed by atoms with Crippen molar-refractivity contribution in [3.63, 3.8) is 0 Å². The molecule has 8 heteroatoms. The summed E-state index contributed by atoms with van der Waals surface area (Å²) in [6, 6.07) is 6.51.